The highest BCUT2D eigenvalue weighted by molar-refractivity contribution is 7.75. The maximum Gasteiger partial charge on any atom is 0.272 e. The Morgan fingerprint density at radius 3 is 2.74 bits per heavy atom. The number of carbonyl (C=O) groups excluding carboxylic acids is 1. The van der Waals surface area contributed by atoms with Crippen LogP contribution in [0.25, 0.3) is 0 Å². The molecule has 1 amide bonds. The molecule has 1 aromatic carbocycles. The average Bonchev–Trinajstić information content (AvgIpc) is 2.93. The van der Waals surface area contributed by atoms with Crippen molar-refractivity contribution in [3.8, 4) is 5.75 Å². The lowest BCUT2D eigenvalue weighted by Gasteiger charge is -2.33. The van der Waals surface area contributed by atoms with Gasteiger partial charge in [-0.15, -0.1) is 0 Å². The number of hydrogen-bond donors (Lipinski definition) is 0. The van der Waals surface area contributed by atoms with Gasteiger partial charge in [0, 0.05) is 25.2 Å². The van der Waals surface area contributed by atoms with Gasteiger partial charge in [0.25, 0.3) is 5.91 Å². The van der Waals surface area contributed by atoms with Crippen molar-refractivity contribution >= 4 is 33.9 Å². The first-order chi connectivity index (χ1) is 18.7. The second-order valence-electron chi connectivity index (χ2n) is 10.8. The summed E-state index contributed by atoms with van der Waals surface area (Å²) in [5, 5.41) is 0.722. The van der Waals surface area contributed by atoms with Gasteiger partial charge in [-0.3, -0.25) is 4.79 Å². The number of anilines is 1. The standard InChI is InChI=1S/C30H39ClN3O4S/c1-20-8-7-10-27(37-4)22(3)21(2)17-34-18-24-11-12-25(31)16-23(24)9-5-6-15-38-28-14-13-26(32-29(28)34)30(35)33-39(36)19-20/h7,10-14,16,20-22,27H,5-6,8-9,15,17-19H2,1-4H3/q-1/b10-7+/t20-,21-,22+,27-/m0/s1. The van der Waals surface area contributed by atoms with Gasteiger partial charge in [0.1, 0.15) is 5.69 Å². The molecule has 2 aromatic rings. The van der Waals surface area contributed by atoms with E-state index < -0.39 is 16.5 Å². The summed E-state index contributed by atoms with van der Waals surface area (Å²) in [6.07, 6.45) is 7.63. The first-order valence-corrected chi connectivity index (χ1v) is 15.4. The zero-order valence-electron chi connectivity index (χ0n) is 23.3. The first-order valence-electron chi connectivity index (χ1n) is 13.7. The minimum Gasteiger partial charge on any atom is -0.490 e. The van der Waals surface area contributed by atoms with Gasteiger partial charge in [-0.25, -0.2) is 4.98 Å². The molecule has 0 saturated carbocycles. The van der Waals surface area contributed by atoms with Gasteiger partial charge in [-0.2, -0.15) is 10.6 Å². The van der Waals surface area contributed by atoms with Crippen LogP contribution >= 0.6 is 11.6 Å². The number of carbonyl (C=O) groups is 1. The van der Waals surface area contributed by atoms with E-state index in [4.69, 9.17) is 26.1 Å². The molecule has 2 bridgehead atoms. The van der Waals surface area contributed by atoms with E-state index in [0.29, 0.717) is 37.0 Å². The predicted molar refractivity (Wildman–Crippen MR) is 157 cm³/mol. The van der Waals surface area contributed by atoms with E-state index in [1.165, 1.54) is 11.1 Å². The van der Waals surface area contributed by atoms with Crippen LogP contribution in [0.15, 0.2) is 46.8 Å². The molecule has 2 aliphatic heterocycles. The third-order valence-corrected chi connectivity index (χ3v) is 9.12. The van der Waals surface area contributed by atoms with Crippen molar-refractivity contribution in [3.63, 3.8) is 0 Å². The first kappa shape index (κ1) is 29.6. The number of amides is 1. The number of nitrogens with zero attached hydrogens (tertiary/aromatic N) is 3. The smallest absolute Gasteiger partial charge is 0.272 e. The largest absolute Gasteiger partial charge is 0.490 e. The Labute approximate surface area is 239 Å². The van der Waals surface area contributed by atoms with Gasteiger partial charge in [0.05, 0.1) is 12.7 Å². The fourth-order valence-corrected chi connectivity index (χ4v) is 6.32. The molecule has 212 valence electrons. The number of ether oxygens (including phenoxy) is 2. The molecule has 2 aliphatic rings. The SMILES string of the molecule is CO[C@H]1/C=C/C[C@H](C)C[S-](=O)=NC(=O)c2ccc3c(n2)N(Cc2ccc(Cl)cc2CCCCO3)C[C@H](C)[C@H]1C. The Morgan fingerprint density at radius 2 is 1.95 bits per heavy atom. The molecule has 0 fully saturated rings. The van der Waals surface area contributed by atoms with Crippen LogP contribution in [0.4, 0.5) is 5.82 Å². The van der Waals surface area contributed by atoms with Crippen molar-refractivity contribution in [3.05, 3.63) is 64.3 Å². The molecular formula is C30H39ClN3O4S-. The van der Waals surface area contributed by atoms with Crippen LogP contribution in [0.2, 0.25) is 5.02 Å². The monoisotopic (exact) mass is 572 g/mol. The number of rotatable bonds is 1. The number of aromatic nitrogens is 1. The summed E-state index contributed by atoms with van der Waals surface area (Å²) in [7, 11) is 0.0995. The summed E-state index contributed by atoms with van der Waals surface area (Å²) in [4.78, 5) is 20.0. The van der Waals surface area contributed by atoms with Crippen molar-refractivity contribution < 1.29 is 18.5 Å². The second kappa shape index (κ2) is 13.8. The topological polar surface area (TPSA) is 81.1 Å². The predicted octanol–water partition coefficient (Wildman–Crippen LogP) is 6.63. The molecule has 4 atom stereocenters. The number of aryl methyl sites for hydroxylation is 1. The van der Waals surface area contributed by atoms with E-state index in [0.717, 1.165) is 30.7 Å². The van der Waals surface area contributed by atoms with E-state index in [1.807, 2.05) is 19.1 Å². The van der Waals surface area contributed by atoms with E-state index in [2.05, 4.69) is 41.3 Å². The Balaban J connectivity index is 1.84. The molecule has 4 rings (SSSR count). The summed E-state index contributed by atoms with van der Waals surface area (Å²) >= 11 is 6.38. The summed E-state index contributed by atoms with van der Waals surface area (Å²) in [5.41, 5.74) is 2.54. The van der Waals surface area contributed by atoms with Crippen molar-refractivity contribution in [2.75, 3.05) is 30.9 Å². The average molecular weight is 573 g/mol. The molecule has 9 heteroatoms. The summed E-state index contributed by atoms with van der Waals surface area (Å²) in [5.74, 6) is 1.48. The maximum atomic E-state index is 13.1. The molecule has 0 spiro atoms. The number of halogens is 1. The molecule has 0 N–H and O–H groups in total. The number of allylic oxidation sites excluding steroid dienone is 1. The molecule has 3 heterocycles. The molecule has 1 aromatic heterocycles. The second-order valence-corrected chi connectivity index (χ2v) is 12.4. The van der Waals surface area contributed by atoms with Gasteiger partial charge in [-0.05, 0) is 72.9 Å². The minimum absolute atomic E-state index is 0.0677. The van der Waals surface area contributed by atoms with Crippen molar-refractivity contribution in [1.82, 2.24) is 4.98 Å². The van der Waals surface area contributed by atoms with Crippen molar-refractivity contribution in [2.45, 2.75) is 59.1 Å². The zero-order valence-corrected chi connectivity index (χ0v) is 24.8. The minimum atomic E-state index is -1.64. The third-order valence-electron chi connectivity index (χ3n) is 7.66. The van der Waals surface area contributed by atoms with Gasteiger partial charge < -0.3 is 22.9 Å². The van der Waals surface area contributed by atoms with Crippen LogP contribution in [-0.4, -0.2) is 43.0 Å². The van der Waals surface area contributed by atoms with Crippen LogP contribution in [0.1, 0.15) is 61.6 Å². The number of methoxy groups -OCH3 is 1. The lowest BCUT2D eigenvalue weighted by atomic mass is 9.89. The van der Waals surface area contributed by atoms with E-state index in [-0.39, 0.29) is 29.6 Å². The lowest BCUT2D eigenvalue weighted by molar-refractivity contribution is 0.0745. The van der Waals surface area contributed by atoms with E-state index >= 15 is 0 Å². The van der Waals surface area contributed by atoms with Crippen LogP contribution in [0.5, 0.6) is 5.75 Å². The molecule has 7 nitrogen and oxygen atoms in total. The van der Waals surface area contributed by atoms with E-state index in [9.17, 15) is 9.00 Å². The van der Waals surface area contributed by atoms with Gasteiger partial charge in [0.2, 0.25) is 0 Å². The lowest BCUT2D eigenvalue weighted by Crippen LogP contribution is -2.35. The maximum absolute atomic E-state index is 13.1. The molecule has 39 heavy (non-hydrogen) atoms. The van der Waals surface area contributed by atoms with Gasteiger partial charge in [-0.1, -0.05) is 62.3 Å². The molecule has 0 unspecified atom stereocenters. The third kappa shape index (κ3) is 7.83. The van der Waals surface area contributed by atoms with Crippen molar-refractivity contribution in [1.29, 1.82) is 0 Å². The highest BCUT2D eigenvalue weighted by atomic mass is 35.5. The number of benzene rings is 1. The molecular weight excluding hydrogens is 534 g/mol. The zero-order chi connectivity index (χ0) is 27.9. The van der Waals surface area contributed by atoms with Gasteiger partial charge >= 0.3 is 0 Å². The molecule has 0 aliphatic carbocycles. The summed E-state index contributed by atoms with van der Waals surface area (Å²) in [6.45, 7) is 8.22. The molecule has 0 saturated heterocycles. The molecule has 0 radical (unpaired) electrons. The number of pyridine rings is 1. The quantitative estimate of drug-likeness (QED) is 0.282. The Bertz CT molecular complexity index is 1280. The Kier molecular flexibility index (Phi) is 10.4. The normalized spacial score (nSPS) is 26.5. The van der Waals surface area contributed by atoms with Crippen LogP contribution in [0.3, 0.4) is 0 Å². The summed E-state index contributed by atoms with van der Waals surface area (Å²) in [6, 6.07) is 9.47. The number of fused-ring (bicyclic) bond motifs is 2. The van der Waals surface area contributed by atoms with Gasteiger partial charge in [0.15, 0.2) is 11.6 Å². The van der Waals surface area contributed by atoms with Crippen LogP contribution in [-0.2, 0) is 32.5 Å². The van der Waals surface area contributed by atoms with Crippen LogP contribution < -0.4 is 9.64 Å². The highest BCUT2D eigenvalue weighted by Crippen LogP contribution is 2.33. The highest BCUT2D eigenvalue weighted by Gasteiger charge is 2.27. The van der Waals surface area contributed by atoms with Crippen LogP contribution in [0, 0.1) is 17.8 Å². The van der Waals surface area contributed by atoms with E-state index in [1.54, 1.807) is 19.2 Å². The Hall–Kier alpha value is -2.42. The van der Waals surface area contributed by atoms with Crippen molar-refractivity contribution in [2.24, 2.45) is 22.1 Å². The number of hydrogen-bond acceptors (Lipinski definition) is 7. The summed E-state index contributed by atoms with van der Waals surface area (Å²) < 4.78 is 28.8. The fraction of sp³-hybridized carbons (Fsp3) is 0.533. The fourth-order valence-electron chi connectivity index (χ4n) is 5.15. The Morgan fingerprint density at radius 1 is 1.13 bits per heavy atom.